The quantitative estimate of drug-likeness (QED) is 0.916. The zero-order valence-corrected chi connectivity index (χ0v) is 14.6. The van der Waals surface area contributed by atoms with Crippen molar-refractivity contribution >= 4 is 17.6 Å². The molecule has 0 aliphatic carbocycles. The average molecular weight is 350 g/mol. The second-order valence-corrected chi connectivity index (χ2v) is 6.81. The summed E-state index contributed by atoms with van der Waals surface area (Å²) in [6.45, 7) is 1.40. The summed E-state index contributed by atoms with van der Waals surface area (Å²) < 4.78 is 5.44. The monoisotopic (exact) mass is 350 g/mol. The lowest BCUT2D eigenvalue weighted by molar-refractivity contribution is -0.124. The van der Waals surface area contributed by atoms with E-state index in [0.29, 0.717) is 19.5 Å². The SMILES string of the molecule is O=C(C1CNc2ccccc21)[C@@H]1CCCN1C(=O)OCc1ccccc1. The first-order valence-corrected chi connectivity index (χ1v) is 9.08. The van der Waals surface area contributed by atoms with Gasteiger partial charge >= 0.3 is 6.09 Å². The lowest BCUT2D eigenvalue weighted by atomic mass is 9.91. The molecule has 0 radical (unpaired) electrons. The number of rotatable bonds is 4. The first-order chi connectivity index (χ1) is 12.7. The molecule has 1 amide bonds. The molecule has 2 aliphatic heterocycles. The van der Waals surface area contributed by atoms with Crippen LogP contribution in [-0.4, -0.2) is 35.9 Å². The molecule has 5 heteroatoms. The minimum Gasteiger partial charge on any atom is -0.445 e. The smallest absolute Gasteiger partial charge is 0.410 e. The van der Waals surface area contributed by atoms with Gasteiger partial charge in [0, 0.05) is 18.8 Å². The molecule has 1 N–H and O–H groups in total. The van der Waals surface area contributed by atoms with Crippen molar-refractivity contribution in [3.05, 3.63) is 65.7 Å². The number of hydrogen-bond donors (Lipinski definition) is 1. The van der Waals surface area contributed by atoms with Gasteiger partial charge in [0.05, 0.1) is 12.0 Å². The van der Waals surface area contributed by atoms with Crippen LogP contribution in [0.15, 0.2) is 54.6 Å². The Hall–Kier alpha value is -2.82. The van der Waals surface area contributed by atoms with E-state index in [9.17, 15) is 9.59 Å². The Morgan fingerprint density at radius 3 is 2.69 bits per heavy atom. The standard InChI is InChI=1S/C21H22N2O3/c24-20(17-13-22-18-10-5-4-9-16(17)18)19-11-6-12-23(19)21(25)26-14-15-7-2-1-3-8-15/h1-5,7-10,17,19,22H,6,11-14H2/t17?,19-/m0/s1. The highest BCUT2D eigenvalue weighted by Crippen LogP contribution is 2.35. The van der Waals surface area contributed by atoms with E-state index in [1.165, 1.54) is 0 Å². The van der Waals surface area contributed by atoms with Gasteiger partial charge in [0.25, 0.3) is 0 Å². The number of Topliss-reactive ketones (excluding diaryl/α,β-unsaturated/α-hetero) is 1. The summed E-state index contributed by atoms with van der Waals surface area (Å²) in [6.07, 6.45) is 1.14. The number of carbonyl (C=O) groups excluding carboxylic acids is 2. The normalized spacial score (nSPS) is 21.2. The van der Waals surface area contributed by atoms with Crippen molar-refractivity contribution < 1.29 is 14.3 Å². The van der Waals surface area contributed by atoms with Crippen LogP contribution >= 0.6 is 0 Å². The molecule has 0 aromatic heterocycles. The van der Waals surface area contributed by atoms with Crippen molar-refractivity contribution in [2.75, 3.05) is 18.4 Å². The molecule has 0 spiro atoms. The van der Waals surface area contributed by atoms with Crippen LogP contribution in [0, 0.1) is 0 Å². The molecular formula is C21H22N2O3. The molecule has 2 aromatic rings. The van der Waals surface area contributed by atoms with Crippen LogP contribution < -0.4 is 5.32 Å². The van der Waals surface area contributed by atoms with Gasteiger partial charge in [-0.15, -0.1) is 0 Å². The fourth-order valence-electron chi connectivity index (χ4n) is 3.85. The van der Waals surface area contributed by atoms with E-state index in [4.69, 9.17) is 4.74 Å². The number of hydrogen-bond acceptors (Lipinski definition) is 4. The van der Waals surface area contributed by atoms with Gasteiger partial charge in [-0.2, -0.15) is 0 Å². The lowest BCUT2D eigenvalue weighted by Gasteiger charge is -2.25. The van der Waals surface area contributed by atoms with Crippen LogP contribution in [0.4, 0.5) is 10.5 Å². The summed E-state index contributed by atoms with van der Waals surface area (Å²) in [7, 11) is 0. The molecule has 2 aliphatic rings. The Kier molecular flexibility index (Phi) is 4.61. The van der Waals surface area contributed by atoms with E-state index in [0.717, 1.165) is 23.2 Å². The number of para-hydroxylation sites is 1. The second kappa shape index (κ2) is 7.20. The van der Waals surface area contributed by atoms with Crippen LogP contribution in [-0.2, 0) is 16.1 Å². The van der Waals surface area contributed by atoms with E-state index in [2.05, 4.69) is 5.32 Å². The Bertz CT molecular complexity index is 806. The summed E-state index contributed by atoms with van der Waals surface area (Å²) in [5, 5.41) is 3.29. The molecule has 2 heterocycles. The molecule has 0 saturated carbocycles. The van der Waals surface area contributed by atoms with Gasteiger partial charge in [-0.25, -0.2) is 4.79 Å². The summed E-state index contributed by atoms with van der Waals surface area (Å²) in [5.41, 5.74) is 2.99. The molecule has 134 valence electrons. The average Bonchev–Trinajstić information content (AvgIpc) is 3.33. The van der Waals surface area contributed by atoms with Crippen LogP contribution in [0.25, 0.3) is 0 Å². The number of anilines is 1. The highest BCUT2D eigenvalue weighted by Gasteiger charge is 2.40. The van der Waals surface area contributed by atoms with Crippen molar-refractivity contribution in [2.24, 2.45) is 0 Å². The van der Waals surface area contributed by atoms with Crippen LogP contribution in [0.2, 0.25) is 0 Å². The number of carbonyl (C=O) groups is 2. The Morgan fingerprint density at radius 2 is 1.85 bits per heavy atom. The second-order valence-electron chi connectivity index (χ2n) is 6.81. The molecule has 2 aromatic carbocycles. The fraction of sp³-hybridized carbons (Fsp3) is 0.333. The highest BCUT2D eigenvalue weighted by atomic mass is 16.6. The third kappa shape index (κ3) is 3.17. The number of fused-ring (bicyclic) bond motifs is 1. The topological polar surface area (TPSA) is 58.6 Å². The molecule has 4 rings (SSSR count). The third-order valence-electron chi connectivity index (χ3n) is 5.20. The number of ether oxygens (including phenoxy) is 1. The molecule has 1 unspecified atom stereocenters. The Morgan fingerprint density at radius 1 is 1.08 bits per heavy atom. The molecule has 1 fully saturated rings. The predicted molar refractivity (Wildman–Crippen MR) is 99.0 cm³/mol. The van der Waals surface area contributed by atoms with Gasteiger partial charge in [0.15, 0.2) is 5.78 Å². The van der Waals surface area contributed by atoms with Crippen LogP contribution in [0.3, 0.4) is 0 Å². The number of nitrogens with zero attached hydrogens (tertiary/aromatic N) is 1. The lowest BCUT2D eigenvalue weighted by Crippen LogP contribution is -2.43. The Labute approximate surface area is 153 Å². The van der Waals surface area contributed by atoms with Gasteiger partial charge in [-0.3, -0.25) is 9.69 Å². The van der Waals surface area contributed by atoms with Crippen LogP contribution in [0.5, 0.6) is 0 Å². The minimum atomic E-state index is -0.399. The zero-order chi connectivity index (χ0) is 17.9. The number of ketones is 1. The number of benzene rings is 2. The van der Waals surface area contributed by atoms with Gasteiger partial charge in [0.2, 0.25) is 0 Å². The van der Waals surface area contributed by atoms with E-state index in [1.807, 2.05) is 54.6 Å². The maximum Gasteiger partial charge on any atom is 0.410 e. The summed E-state index contributed by atoms with van der Waals surface area (Å²) in [4.78, 5) is 27.2. The predicted octanol–water partition coefficient (Wildman–Crippen LogP) is 3.57. The summed E-state index contributed by atoms with van der Waals surface area (Å²) >= 11 is 0. The number of likely N-dealkylation sites (tertiary alicyclic amines) is 1. The molecule has 0 bridgehead atoms. The van der Waals surface area contributed by atoms with Gasteiger partial charge in [0.1, 0.15) is 6.61 Å². The van der Waals surface area contributed by atoms with Crippen molar-refractivity contribution in [1.82, 2.24) is 4.90 Å². The van der Waals surface area contributed by atoms with E-state index in [1.54, 1.807) is 4.90 Å². The first-order valence-electron chi connectivity index (χ1n) is 9.08. The Balaban J connectivity index is 1.43. The molecule has 2 atom stereocenters. The largest absolute Gasteiger partial charge is 0.445 e. The maximum atomic E-state index is 13.1. The molecule has 1 saturated heterocycles. The molecular weight excluding hydrogens is 328 g/mol. The minimum absolute atomic E-state index is 0.108. The first kappa shape index (κ1) is 16.6. The zero-order valence-electron chi connectivity index (χ0n) is 14.6. The highest BCUT2D eigenvalue weighted by molar-refractivity contribution is 5.95. The van der Waals surface area contributed by atoms with E-state index in [-0.39, 0.29) is 18.3 Å². The molecule has 26 heavy (non-hydrogen) atoms. The van der Waals surface area contributed by atoms with E-state index < -0.39 is 12.1 Å². The van der Waals surface area contributed by atoms with Gasteiger partial charge in [-0.1, -0.05) is 48.5 Å². The van der Waals surface area contributed by atoms with Crippen molar-refractivity contribution in [2.45, 2.75) is 31.4 Å². The van der Waals surface area contributed by atoms with Crippen molar-refractivity contribution in [3.8, 4) is 0 Å². The van der Waals surface area contributed by atoms with Gasteiger partial charge < -0.3 is 10.1 Å². The van der Waals surface area contributed by atoms with Gasteiger partial charge in [-0.05, 0) is 30.0 Å². The van der Waals surface area contributed by atoms with Crippen molar-refractivity contribution in [1.29, 1.82) is 0 Å². The van der Waals surface area contributed by atoms with Crippen LogP contribution in [0.1, 0.15) is 29.9 Å². The number of amides is 1. The maximum absolute atomic E-state index is 13.1. The molecule has 5 nitrogen and oxygen atoms in total. The summed E-state index contributed by atoms with van der Waals surface area (Å²) in [5.74, 6) is -0.0877. The summed E-state index contributed by atoms with van der Waals surface area (Å²) in [6, 6.07) is 17.1. The van der Waals surface area contributed by atoms with E-state index >= 15 is 0 Å². The third-order valence-corrected chi connectivity index (χ3v) is 5.20. The fourth-order valence-corrected chi connectivity index (χ4v) is 3.85. The number of nitrogens with one attached hydrogen (secondary N) is 1. The van der Waals surface area contributed by atoms with Crippen molar-refractivity contribution in [3.63, 3.8) is 0 Å².